The van der Waals surface area contributed by atoms with E-state index in [0.29, 0.717) is 21.8 Å². The molecule has 0 fully saturated rings. The first-order valence-corrected chi connectivity index (χ1v) is 10.6. The molecule has 2 aromatic carbocycles. The standard InChI is InChI=1S/C19H17N3O3S3/c1-2-25-17(24)13-8-10-14(11-9-13)20-16(23)12-27-18-21-22(19(26)28-18)15-6-4-3-5-7-15/h3-11H,2,12H2,1H3,(H,20,23). The topological polar surface area (TPSA) is 73.2 Å². The molecular formula is C19H17N3O3S3. The SMILES string of the molecule is CCOC(=O)c1ccc(NC(=O)CSc2nn(-c3ccccc3)c(=S)s2)cc1. The van der Waals surface area contributed by atoms with E-state index in [9.17, 15) is 9.59 Å². The zero-order chi connectivity index (χ0) is 19.9. The normalized spacial score (nSPS) is 10.5. The minimum absolute atomic E-state index is 0.165. The number of thioether (sulfide) groups is 1. The van der Waals surface area contributed by atoms with Gasteiger partial charge in [0, 0.05) is 5.69 Å². The number of nitrogens with one attached hydrogen (secondary N) is 1. The Balaban J connectivity index is 1.56. The number of carbonyl (C=O) groups is 2. The van der Waals surface area contributed by atoms with Crippen LogP contribution in [-0.4, -0.2) is 34.0 Å². The van der Waals surface area contributed by atoms with Gasteiger partial charge in [-0.2, -0.15) is 0 Å². The maximum absolute atomic E-state index is 12.2. The lowest BCUT2D eigenvalue weighted by Gasteiger charge is -2.06. The van der Waals surface area contributed by atoms with E-state index in [1.807, 2.05) is 30.3 Å². The lowest BCUT2D eigenvalue weighted by Crippen LogP contribution is -2.14. The summed E-state index contributed by atoms with van der Waals surface area (Å²) in [4.78, 5) is 23.8. The summed E-state index contributed by atoms with van der Waals surface area (Å²) in [5, 5.41) is 7.27. The van der Waals surface area contributed by atoms with Crippen LogP contribution in [0.2, 0.25) is 0 Å². The van der Waals surface area contributed by atoms with E-state index in [4.69, 9.17) is 17.0 Å². The minimum atomic E-state index is -0.383. The van der Waals surface area contributed by atoms with Crippen molar-refractivity contribution in [3.8, 4) is 5.69 Å². The van der Waals surface area contributed by atoms with E-state index in [-0.39, 0.29) is 17.6 Å². The van der Waals surface area contributed by atoms with Gasteiger partial charge in [0.15, 0.2) is 8.29 Å². The van der Waals surface area contributed by atoms with Gasteiger partial charge in [-0.3, -0.25) is 4.79 Å². The summed E-state index contributed by atoms with van der Waals surface area (Å²) >= 11 is 8.05. The number of carbonyl (C=O) groups excluding carboxylic acids is 2. The van der Waals surface area contributed by atoms with Crippen molar-refractivity contribution in [1.29, 1.82) is 0 Å². The summed E-state index contributed by atoms with van der Waals surface area (Å²) in [7, 11) is 0. The van der Waals surface area contributed by atoms with E-state index in [2.05, 4.69) is 10.4 Å². The summed E-state index contributed by atoms with van der Waals surface area (Å²) < 4.78 is 7.98. The summed E-state index contributed by atoms with van der Waals surface area (Å²) in [6.07, 6.45) is 0. The van der Waals surface area contributed by atoms with Gasteiger partial charge in [0.05, 0.1) is 23.6 Å². The Labute approximate surface area is 175 Å². The molecule has 0 unspecified atom stereocenters. The molecule has 0 saturated heterocycles. The van der Waals surface area contributed by atoms with E-state index < -0.39 is 0 Å². The Morgan fingerprint density at radius 3 is 2.57 bits per heavy atom. The molecule has 3 rings (SSSR count). The highest BCUT2D eigenvalue weighted by atomic mass is 32.2. The number of rotatable bonds is 7. The molecule has 0 aliphatic rings. The molecule has 1 N–H and O–H groups in total. The molecule has 0 aliphatic heterocycles. The summed E-state index contributed by atoms with van der Waals surface area (Å²) in [5.74, 6) is -0.344. The van der Waals surface area contributed by atoms with Crippen LogP contribution in [0.1, 0.15) is 17.3 Å². The molecule has 0 bridgehead atoms. The van der Waals surface area contributed by atoms with Crippen LogP contribution in [0.4, 0.5) is 5.69 Å². The Morgan fingerprint density at radius 2 is 1.89 bits per heavy atom. The number of esters is 1. The van der Waals surface area contributed by atoms with Crippen molar-refractivity contribution in [3.05, 3.63) is 64.1 Å². The van der Waals surface area contributed by atoms with Crippen LogP contribution in [0.25, 0.3) is 5.69 Å². The number of para-hydroxylation sites is 1. The van der Waals surface area contributed by atoms with Crippen LogP contribution in [0, 0.1) is 3.95 Å². The fraction of sp³-hybridized carbons (Fsp3) is 0.158. The molecule has 0 radical (unpaired) electrons. The van der Waals surface area contributed by atoms with Crippen LogP contribution in [0.15, 0.2) is 58.9 Å². The van der Waals surface area contributed by atoms with Gasteiger partial charge in [-0.05, 0) is 55.5 Å². The molecule has 1 amide bonds. The number of aromatic nitrogens is 2. The second kappa shape index (κ2) is 9.63. The van der Waals surface area contributed by atoms with Crippen LogP contribution in [-0.2, 0) is 9.53 Å². The molecule has 0 spiro atoms. The number of benzene rings is 2. The molecule has 0 saturated carbocycles. The van der Waals surface area contributed by atoms with Crippen LogP contribution in [0.5, 0.6) is 0 Å². The maximum Gasteiger partial charge on any atom is 0.338 e. The molecule has 1 aromatic heterocycles. The first kappa shape index (κ1) is 20.2. The summed E-state index contributed by atoms with van der Waals surface area (Å²) in [6.45, 7) is 2.07. The Hall–Kier alpha value is -2.49. The van der Waals surface area contributed by atoms with Crippen molar-refractivity contribution in [2.45, 2.75) is 11.3 Å². The highest BCUT2D eigenvalue weighted by Gasteiger charge is 2.10. The molecule has 6 nitrogen and oxygen atoms in total. The monoisotopic (exact) mass is 431 g/mol. The van der Waals surface area contributed by atoms with Crippen LogP contribution in [0.3, 0.4) is 0 Å². The number of anilines is 1. The van der Waals surface area contributed by atoms with Gasteiger partial charge < -0.3 is 10.1 Å². The third kappa shape index (κ3) is 5.28. The van der Waals surface area contributed by atoms with Gasteiger partial charge in [0.2, 0.25) is 5.91 Å². The average molecular weight is 432 g/mol. The van der Waals surface area contributed by atoms with Gasteiger partial charge in [0.1, 0.15) is 0 Å². The predicted molar refractivity (Wildman–Crippen MR) is 114 cm³/mol. The number of amides is 1. The first-order chi connectivity index (χ1) is 13.6. The largest absolute Gasteiger partial charge is 0.462 e. The highest BCUT2D eigenvalue weighted by molar-refractivity contribution is 8.01. The zero-order valence-electron chi connectivity index (χ0n) is 15.0. The van der Waals surface area contributed by atoms with Gasteiger partial charge in [-0.15, -0.1) is 5.10 Å². The van der Waals surface area contributed by atoms with Gasteiger partial charge in [0.25, 0.3) is 0 Å². The molecule has 28 heavy (non-hydrogen) atoms. The van der Waals surface area contributed by atoms with Crippen molar-refractivity contribution in [3.63, 3.8) is 0 Å². The highest BCUT2D eigenvalue weighted by Crippen LogP contribution is 2.24. The van der Waals surface area contributed by atoms with Gasteiger partial charge in [-0.25, -0.2) is 9.48 Å². The van der Waals surface area contributed by atoms with E-state index in [1.165, 1.54) is 23.1 Å². The first-order valence-electron chi connectivity index (χ1n) is 8.42. The molecule has 3 aromatic rings. The zero-order valence-corrected chi connectivity index (χ0v) is 17.4. The number of hydrogen-bond acceptors (Lipinski definition) is 7. The number of nitrogens with zero attached hydrogens (tertiary/aromatic N) is 2. The fourth-order valence-corrected chi connectivity index (χ4v) is 4.44. The molecule has 0 atom stereocenters. The number of ether oxygens (including phenoxy) is 1. The average Bonchev–Trinajstić information content (AvgIpc) is 3.08. The van der Waals surface area contributed by atoms with Crippen molar-refractivity contribution in [2.24, 2.45) is 0 Å². The second-order valence-electron chi connectivity index (χ2n) is 5.52. The molecular weight excluding hydrogens is 414 g/mol. The van der Waals surface area contributed by atoms with Gasteiger partial charge in [-0.1, -0.05) is 41.3 Å². The molecule has 0 aliphatic carbocycles. The van der Waals surface area contributed by atoms with E-state index >= 15 is 0 Å². The molecule has 9 heteroatoms. The van der Waals surface area contributed by atoms with E-state index in [1.54, 1.807) is 35.9 Å². The second-order valence-corrected chi connectivity index (χ2v) is 8.36. The third-order valence-corrected chi connectivity index (χ3v) is 5.90. The lowest BCUT2D eigenvalue weighted by molar-refractivity contribution is -0.113. The van der Waals surface area contributed by atoms with Crippen molar-refractivity contribution in [1.82, 2.24) is 9.78 Å². The quantitative estimate of drug-likeness (QED) is 0.336. The smallest absolute Gasteiger partial charge is 0.338 e. The lowest BCUT2D eigenvalue weighted by atomic mass is 10.2. The van der Waals surface area contributed by atoms with E-state index in [0.717, 1.165) is 10.0 Å². The van der Waals surface area contributed by atoms with Crippen molar-refractivity contribution in [2.75, 3.05) is 17.7 Å². The Kier molecular flexibility index (Phi) is 6.96. The van der Waals surface area contributed by atoms with Crippen molar-refractivity contribution < 1.29 is 14.3 Å². The number of hydrogen-bond donors (Lipinski definition) is 1. The minimum Gasteiger partial charge on any atom is -0.462 e. The maximum atomic E-state index is 12.2. The van der Waals surface area contributed by atoms with Crippen molar-refractivity contribution >= 4 is 52.9 Å². The van der Waals surface area contributed by atoms with Crippen LogP contribution < -0.4 is 5.32 Å². The summed E-state index contributed by atoms with van der Waals surface area (Å²) in [5.41, 5.74) is 1.95. The molecule has 144 valence electrons. The predicted octanol–water partition coefficient (Wildman–Crippen LogP) is 4.57. The van der Waals surface area contributed by atoms with Gasteiger partial charge >= 0.3 is 5.97 Å². The fourth-order valence-electron chi connectivity index (χ4n) is 2.28. The summed E-state index contributed by atoms with van der Waals surface area (Å²) in [6, 6.07) is 16.2. The van der Waals surface area contributed by atoms with Crippen LogP contribution >= 0.6 is 35.3 Å². The third-order valence-electron chi connectivity index (χ3n) is 3.54. The Morgan fingerprint density at radius 1 is 1.18 bits per heavy atom. The molecule has 1 heterocycles. The Bertz CT molecular complexity index is 1010.